The van der Waals surface area contributed by atoms with Crippen LogP contribution in [0, 0.1) is 6.92 Å². The van der Waals surface area contributed by atoms with Crippen LogP contribution in [0.25, 0.3) is 11.1 Å². The lowest BCUT2D eigenvalue weighted by molar-refractivity contribution is -0.137. The van der Waals surface area contributed by atoms with Crippen molar-refractivity contribution >= 4 is 11.8 Å². The number of carbonyl (C=O) groups excluding carboxylic acids is 1. The van der Waals surface area contributed by atoms with E-state index in [2.05, 4.69) is 10.5 Å². The van der Waals surface area contributed by atoms with Crippen molar-refractivity contribution in [3.63, 3.8) is 0 Å². The second-order valence-electron chi connectivity index (χ2n) is 5.78. The van der Waals surface area contributed by atoms with Crippen molar-refractivity contribution in [2.45, 2.75) is 26.1 Å². The fraction of sp³-hybridized carbons (Fsp3) is 0.222. The zero-order valence-electron chi connectivity index (χ0n) is 13.5. The maximum absolute atomic E-state index is 13.6. The highest BCUT2D eigenvalue weighted by Crippen LogP contribution is 2.38. The lowest BCUT2D eigenvalue weighted by atomic mass is 9.94. The summed E-state index contributed by atoms with van der Waals surface area (Å²) < 4.78 is 45.7. The molecule has 3 rings (SSSR count). The number of carbonyl (C=O) groups is 1. The first-order valence-electron chi connectivity index (χ1n) is 7.58. The van der Waals surface area contributed by atoms with Crippen LogP contribution >= 0.6 is 0 Å². The topological polar surface area (TPSA) is 50.7 Å². The number of halogens is 3. The van der Waals surface area contributed by atoms with Gasteiger partial charge in [-0.2, -0.15) is 18.3 Å². The number of ether oxygens (including phenoxy) is 1. The standard InChI is InChI=1S/C18H15F3N2O2/c1-10-3-5-12(6-4-10)14-8-7-13(9-15(14)18(19,20)21)16-11(2)25-17(24)23-22-16/h3-9,11H,1-2H3,(H,23,24)/t11-/m0/s1. The first-order chi connectivity index (χ1) is 11.8. The quantitative estimate of drug-likeness (QED) is 0.868. The first-order valence-corrected chi connectivity index (χ1v) is 7.58. The Bertz CT molecular complexity index is 842. The van der Waals surface area contributed by atoms with Gasteiger partial charge in [-0.15, -0.1) is 0 Å². The van der Waals surface area contributed by atoms with Gasteiger partial charge in [-0.05, 0) is 31.0 Å². The van der Waals surface area contributed by atoms with Crippen molar-refractivity contribution in [3.8, 4) is 11.1 Å². The summed E-state index contributed by atoms with van der Waals surface area (Å²) in [6.45, 7) is 3.42. The van der Waals surface area contributed by atoms with Gasteiger partial charge in [-0.1, -0.05) is 42.0 Å². The summed E-state index contributed by atoms with van der Waals surface area (Å²) >= 11 is 0. The van der Waals surface area contributed by atoms with E-state index in [0.717, 1.165) is 11.6 Å². The second-order valence-corrected chi connectivity index (χ2v) is 5.78. The molecule has 0 saturated heterocycles. The van der Waals surface area contributed by atoms with Crippen molar-refractivity contribution in [1.82, 2.24) is 5.43 Å². The molecule has 1 amide bonds. The van der Waals surface area contributed by atoms with Crippen molar-refractivity contribution in [3.05, 3.63) is 59.2 Å². The van der Waals surface area contributed by atoms with E-state index in [-0.39, 0.29) is 16.8 Å². The molecule has 1 N–H and O–H groups in total. The largest absolute Gasteiger partial charge is 0.439 e. The average Bonchev–Trinajstić information content (AvgIpc) is 2.54. The number of nitrogens with zero attached hydrogens (tertiary/aromatic N) is 1. The Hall–Kier alpha value is -2.83. The summed E-state index contributed by atoms with van der Waals surface area (Å²) in [6, 6.07) is 10.8. The van der Waals surface area contributed by atoms with E-state index in [9.17, 15) is 18.0 Å². The molecule has 2 aromatic carbocycles. The average molecular weight is 348 g/mol. The fourth-order valence-electron chi connectivity index (χ4n) is 2.66. The maximum atomic E-state index is 13.6. The lowest BCUT2D eigenvalue weighted by Gasteiger charge is -2.22. The van der Waals surface area contributed by atoms with Crippen LogP contribution in [0.2, 0.25) is 0 Å². The van der Waals surface area contributed by atoms with E-state index in [4.69, 9.17) is 4.74 Å². The molecule has 1 aliphatic rings. The highest BCUT2D eigenvalue weighted by molar-refractivity contribution is 6.06. The highest BCUT2D eigenvalue weighted by Gasteiger charge is 2.35. The van der Waals surface area contributed by atoms with E-state index < -0.39 is 23.9 Å². The van der Waals surface area contributed by atoms with E-state index in [1.54, 1.807) is 37.3 Å². The Morgan fingerprint density at radius 1 is 1.08 bits per heavy atom. The van der Waals surface area contributed by atoms with Gasteiger partial charge in [0.1, 0.15) is 11.8 Å². The Morgan fingerprint density at radius 2 is 1.72 bits per heavy atom. The molecule has 1 heterocycles. The van der Waals surface area contributed by atoms with Crippen molar-refractivity contribution in [2.75, 3.05) is 0 Å². The minimum absolute atomic E-state index is 0.0882. The van der Waals surface area contributed by atoms with E-state index in [1.807, 2.05) is 6.92 Å². The molecule has 0 bridgehead atoms. The Morgan fingerprint density at radius 3 is 2.32 bits per heavy atom. The number of alkyl halides is 3. The number of rotatable bonds is 2. The number of benzene rings is 2. The minimum Gasteiger partial charge on any atom is -0.439 e. The first kappa shape index (κ1) is 17.0. The number of hydrazone groups is 1. The molecule has 25 heavy (non-hydrogen) atoms. The van der Waals surface area contributed by atoms with Crippen LogP contribution in [-0.2, 0) is 10.9 Å². The van der Waals surface area contributed by atoms with Gasteiger partial charge in [0.15, 0.2) is 0 Å². The number of hydrogen-bond donors (Lipinski definition) is 1. The van der Waals surface area contributed by atoms with Gasteiger partial charge in [0.05, 0.1) is 5.56 Å². The third kappa shape index (κ3) is 3.50. The zero-order chi connectivity index (χ0) is 18.2. The molecule has 0 aromatic heterocycles. The molecule has 0 unspecified atom stereocenters. The molecule has 1 atom stereocenters. The Labute approximate surface area is 142 Å². The minimum atomic E-state index is -4.53. The van der Waals surface area contributed by atoms with Gasteiger partial charge in [0.2, 0.25) is 0 Å². The number of hydrogen-bond acceptors (Lipinski definition) is 3. The van der Waals surface area contributed by atoms with Crippen LogP contribution in [0.4, 0.5) is 18.0 Å². The molecular weight excluding hydrogens is 333 g/mol. The molecule has 0 fully saturated rings. The molecule has 1 aliphatic heterocycles. The smallest absolute Gasteiger partial charge is 0.428 e. The van der Waals surface area contributed by atoms with Crippen LogP contribution < -0.4 is 5.43 Å². The van der Waals surface area contributed by atoms with Crippen LogP contribution in [0.5, 0.6) is 0 Å². The van der Waals surface area contributed by atoms with Crippen LogP contribution in [0.15, 0.2) is 47.6 Å². The fourth-order valence-corrected chi connectivity index (χ4v) is 2.66. The summed E-state index contributed by atoms with van der Waals surface area (Å²) in [5.74, 6) is 0. The van der Waals surface area contributed by atoms with Gasteiger partial charge in [0.25, 0.3) is 0 Å². The van der Waals surface area contributed by atoms with Gasteiger partial charge in [-0.25, -0.2) is 10.2 Å². The molecule has 2 aromatic rings. The summed E-state index contributed by atoms with van der Waals surface area (Å²) in [6.07, 6.45) is -6.00. The zero-order valence-corrected chi connectivity index (χ0v) is 13.5. The monoisotopic (exact) mass is 348 g/mol. The lowest BCUT2D eigenvalue weighted by Crippen LogP contribution is -2.37. The summed E-state index contributed by atoms with van der Waals surface area (Å²) in [4.78, 5) is 11.1. The van der Waals surface area contributed by atoms with Crippen LogP contribution in [0.3, 0.4) is 0 Å². The highest BCUT2D eigenvalue weighted by atomic mass is 19.4. The predicted octanol–water partition coefficient (Wildman–Crippen LogP) is 4.51. The third-order valence-electron chi connectivity index (χ3n) is 3.92. The van der Waals surface area contributed by atoms with Crippen LogP contribution in [-0.4, -0.2) is 17.9 Å². The third-order valence-corrected chi connectivity index (χ3v) is 3.92. The van der Waals surface area contributed by atoms with E-state index in [0.29, 0.717) is 5.56 Å². The molecule has 0 spiro atoms. The van der Waals surface area contributed by atoms with E-state index in [1.165, 1.54) is 6.07 Å². The maximum Gasteiger partial charge on any atom is 0.428 e. The Kier molecular flexibility index (Phi) is 4.24. The second kappa shape index (κ2) is 6.23. The van der Waals surface area contributed by atoms with Gasteiger partial charge in [-0.3, -0.25) is 0 Å². The normalized spacial score (nSPS) is 17.6. The SMILES string of the molecule is Cc1ccc(-c2ccc(C3=NNC(=O)O[C@H]3C)cc2C(F)(F)F)cc1. The van der Waals surface area contributed by atoms with Gasteiger partial charge >= 0.3 is 12.3 Å². The molecule has 130 valence electrons. The molecule has 0 radical (unpaired) electrons. The molecule has 0 saturated carbocycles. The number of nitrogens with one attached hydrogen (secondary N) is 1. The summed E-state index contributed by atoms with van der Waals surface area (Å²) in [5.41, 5.74) is 3.37. The van der Waals surface area contributed by atoms with Crippen molar-refractivity contribution in [2.24, 2.45) is 5.10 Å². The number of amides is 1. The van der Waals surface area contributed by atoms with Crippen LogP contribution in [0.1, 0.15) is 23.6 Å². The van der Waals surface area contributed by atoms with Crippen molar-refractivity contribution in [1.29, 1.82) is 0 Å². The summed E-state index contributed by atoms with van der Waals surface area (Å²) in [7, 11) is 0. The molecular formula is C18H15F3N2O2. The number of cyclic esters (lactones) is 1. The predicted molar refractivity (Wildman–Crippen MR) is 87.2 cm³/mol. The summed E-state index contributed by atoms with van der Waals surface area (Å²) in [5, 5.41) is 3.82. The van der Waals surface area contributed by atoms with Gasteiger partial charge in [0, 0.05) is 5.56 Å². The molecule has 0 aliphatic carbocycles. The van der Waals surface area contributed by atoms with Gasteiger partial charge < -0.3 is 4.74 Å². The van der Waals surface area contributed by atoms with E-state index >= 15 is 0 Å². The Balaban J connectivity index is 2.10. The van der Waals surface area contributed by atoms with Crippen molar-refractivity contribution < 1.29 is 22.7 Å². The number of aryl methyl sites for hydroxylation is 1. The molecule has 7 heteroatoms. The molecule has 4 nitrogen and oxygen atoms in total.